The van der Waals surface area contributed by atoms with Gasteiger partial charge in [0.25, 0.3) is 0 Å². The van der Waals surface area contributed by atoms with Gasteiger partial charge in [0, 0.05) is 0 Å². The predicted molar refractivity (Wildman–Crippen MR) is 41.7 cm³/mol. The summed E-state index contributed by atoms with van der Waals surface area (Å²) in [5.41, 5.74) is 1.11. The Morgan fingerprint density at radius 2 is 1.91 bits per heavy atom. The summed E-state index contributed by atoms with van der Waals surface area (Å²) in [4.78, 5) is 0. The molecule has 2 heteroatoms. The summed E-state index contributed by atoms with van der Waals surface area (Å²) >= 11 is 0. The van der Waals surface area contributed by atoms with Gasteiger partial charge in [-0.25, -0.2) is 5.11 Å². The molecule has 0 atom stereocenters. The average Bonchev–Trinajstić information content (AvgIpc) is 2.07. The summed E-state index contributed by atoms with van der Waals surface area (Å²) in [6.07, 6.45) is 0. The summed E-state index contributed by atoms with van der Waals surface area (Å²) in [5.74, 6) is 0. The molecule has 0 unspecified atom stereocenters. The van der Waals surface area contributed by atoms with E-state index in [1.54, 1.807) is 0 Å². The highest BCUT2D eigenvalue weighted by Gasteiger charge is 1.89. The van der Waals surface area contributed by atoms with Crippen molar-refractivity contribution >= 4 is 0 Å². The minimum atomic E-state index is -0.160. The molecule has 0 saturated heterocycles. The van der Waals surface area contributed by atoms with Crippen LogP contribution < -0.4 is 0 Å². The highest BCUT2D eigenvalue weighted by atomic mass is 16.5. The fourth-order valence-corrected chi connectivity index (χ4v) is 0.823. The molecule has 0 heterocycles. The van der Waals surface area contributed by atoms with Crippen LogP contribution in [-0.2, 0) is 16.5 Å². The molecule has 0 fully saturated rings. The molecule has 0 saturated carbocycles. The van der Waals surface area contributed by atoms with Crippen molar-refractivity contribution in [1.82, 2.24) is 0 Å². The second kappa shape index (κ2) is 4.88. The monoisotopic (exact) mass is 151 g/mol. The van der Waals surface area contributed by atoms with Gasteiger partial charge in [-0.1, -0.05) is 30.3 Å². The molecule has 1 aromatic carbocycles. The zero-order valence-electron chi connectivity index (χ0n) is 6.32. The summed E-state index contributed by atoms with van der Waals surface area (Å²) in [7, 11) is 0. The maximum atomic E-state index is 10.00. The Bertz CT molecular complexity index is 184. The number of benzene rings is 1. The number of rotatable bonds is 4. The van der Waals surface area contributed by atoms with Crippen LogP contribution in [0.5, 0.6) is 0 Å². The third kappa shape index (κ3) is 3.16. The molecule has 0 amide bonds. The molecule has 11 heavy (non-hydrogen) atoms. The molecule has 59 valence electrons. The van der Waals surface area contributed by atoms with Crippen molar-refractivity contribution in [3.05, 3.63) is 35.9 Å². The smallest absolute Gasteiger partial charge is 0.106 e. The van der Waals surface area contributed by atoms with Crippen molar-refractivity contribution in [3.63, 3.8) is 0 Å². The van der Waals surface area contributed by atoms with Crippen molar-refractivity contribution in [3.8, 4) is 0 Å². The third-order valence-corrected chi connectivity index (χ3v) is 1.34. The van der Waals surface area contributed by atoms with Gasteiger partial charge in [-0.2, -0.15) is 0 Å². The highest BCUT2D eigenvalue weighted by Crippen LogP contribution is 1.99. The van der Waals surface area contributed by atoms with E-state index < -0.39 is 0 Å². The molecule has 2 nitrogen and oxygen atoms in total. The first-order valence-corrected chi connectivity index (χ1v) is 3.63. The molecule has 0 spiro atoms. The van der Waals surface area contributed by atoms with Crippen LogP contribution in [0, 0.1) is 0 Å². The number of hydrogen-bond donors (Lipinski definition) is 0. The Morgan fingerprint density at radius 1 is 1.18 bits per heavy atom. The van der Waals surface area contributed by atoms with E-state index in [9.17, 15) is 5.11 Å². The Morgan fingerprint density at radius 3 is 2.55 bits per heavy atom. The lowest BCUT2D eigenvalue weighted by Gasteiger charge is -2.00. The van der Waals surface area contributed by atoms with Gasteiger partial charge < -0.3 is 4.74 Å². The van der Waals surface area contributed by atoms with Gasteiger partial charge in [-0.05, 0) is 5.56 Å². The van der Waals surface area contributed by atoms with Crippen LogP contribution in [0.25, 0.3) is 0 Å². The van der Waals surface area contributed by atoms with Crippen molar-refractivity contribution in [2.75, 3.05) is 13.2 Å². The Balaban J connectivity index is 2.28. The van der Waals surface area contributed by atoms with E-state index in [-0.39, 0.29) is 6.61 Å². The quantitative estimate of drug-likeness (QED) is 0.601. The molecule has 1 rings (SSSR count). The van der Waals surface area contributed by atoms with Gasteiger partial charge in [0.15, 0.2) is 0 Å². The summed E-state index contributed by atoms with van der Waals surface area (Å²) in [6.45, 7) is 0.685. The van der Waals surface area contributed by atoms with Crippen LogP contribution in [0.1, 0.15) is 5.56 Å². The van der Waals surface area contributed by atoms with Gasteiger partial charge in [-0.15, -0.1) is 0 Å². The van der Waals surface area contributed by atoms with Crippen LogP contribution in [-0.4, -0.2) is 13.2 Å². The minimum absolute atomic E-state index is 0.160. The summed E-state index contributed by atoms with van der Waals surface area (Å²) < 4.78 is 5.06. The molecular weight excluding hydrogens is 140 g/mol. The number of ether oxygens (including phenoxy) is 1. The number of hydrogen-bond acceptors (Lipinski definition) is 1. The Hall–Kier alpha value is -0.860. The van der Waals surface area contributed by atoms with Crippen LogP contribution in [0.15, 0.2) is 30.3 Å². The molecule has 0 aliphatic heterocycles. The van der Waals surface area contributed by atoms with E-state index in [2.05, 4.69) is 0 Å². The standard InChI is InChI=1S/C9H11O2/c10-6-7-11-8-9-4-2-1-3-5-9/h1-5H,6-8H2. The zero-order valence-corrected chi connectivity index (χ0v) is 6.32. The second-order valence-electron chi connectivity index (χ2n) is 2.24. The highest BCUT2D eigenvalue weighted by molar-refractivity contribution is 5.13. The molecule has 0 aliphatic carbocycles. The van der Waals surface area contributed by atoms with E-state index in [1.807, 2.05) is 30.3 Å². The fraction of sp³-hybridized carbons (Fsp3) is 0.333. The second-order valence-corrected chi connectivity index (χ2v) is 2.24. The molecule has 0 aliphatic rings. The van der Waals surface area contributed by atoms with Crippen LogP contribution >= 0.6 is 0 Å². The third-order valence-electron chi connectivity index (χ3n) is 1.34. The predicted octanol–water partition coefficient (Wildman–Crippen LogP) is 1.63. The maximum Gasteiger partial charge on any atom is 0.106 e. The van der Waals surface area contributed by atoms with E-state index in [0.717, 1.165) is 5.56 Å². The molecule has 0 N–H and O–H groups in total. The summed E-state index contributed by atoms with van der Waals surface area (Å²) in [5, 5.41) is 10.00. The first-order chi connectivity index (χ1) is 5.43. The lowest BCUT2D eigenvalue weighted by molar-refractivity contribution is 0.0550. The largest absolute Gasteiger partial charge is 0.374 e. The normalized spacial score (nSPS) is 9.91. The van der Waals surface area contributed by atoms with E-state index in [4.69, 9.17) is 4.74 Å². The van der Waals surface area contributed by atoms with Crippen molar-refractivity contribution < 1.29 is 9.84 Å². The van der Waals surface area contributed by atoms with Crippen molar-refractivity contribution in [1.29, 1.82) is 0 Å². The van der Waals surface area contributed by atoms with Crippen molar-refractivity contribution in [2.45, 2.75) is 6.61 Å². The molecular formula is C9H11O2. The van der Waals surface area contributed by atoms with E-state index >= 15 is 0 Å². The Kier molecular flexibility index (Phi) is 3.65. The van der Waals surface area contributed by atoms with Gasteiger partial charge >= 0.3 is 0 Å². The average molecular weight is 151 g/mol. The van der Waals surface area contributed by atoms with Crippen LogP contribution in [0.3, 0.4) is 0 Å². The van der Waals surface area contributed by atoms with Gasteiger partial charge in [0.05, 0.1) is 13.2 Å². The summed E-state index contributed by atoms with van der Waals surface area (Å²) in [6, 6.07) is 9.82. The zero-order chi connectivity index (χ0) is 7.94. The molecule has 1 aromatic rings. The Labute approximate surface area is 66.4 Å². The van der Waals surface area contributed by atoms with Gasteiger partial charge in [-0.3, -0.25) is 0 Å². The molecule has 0 aromatic heterocycles. The van der Waals surface area contributed by atoms with E-state index in [1.165, 1.54) is 0 Å². The van der Waals surface area contributed by atoms with Gasteiger partial charge in [0.1, 0.15) is 6.61 Å². The minimum Gasteiger partial charge on any atom is -0.374 e. The fourth-order valence-electron chi connectivity index (χ4n) is 0.823. The first kappa shape index (κ1) is 8.24. The topological polar surface area (TPSA) is 29.1 Å². The van der Waals surface area contributed by atoms with Crippen molar-refractivity contribution in [2.24, 2.45) is 0 Å². The SMILES string of the molecule is [O]CCOCc1ccccc1. The maximum absolute atomic E-state index is 10.00. The molecule has 1 radical (unpaired) electrons. The van der Waals surface area contributed by atoms with E-state index in [0.29, 0.717) is 13.2 Å². The lowest BCUT2D eigenvalue weighted by atomic mass is 10.2. The van der Waals surface area contributed by atoms with Crippen LogP contribution in [0.4, 0.5) is 0 Å². The first-order valence-electron chi connectivity index (χ1n) is 3.63. The van der Waals surface area contributed by atoms with Crippen LogP contribution in [0.2, 0.25) is 0 Å². The molecule has 0 bridgehead atoms. The lowest BCUT2D eigenvalue weighted by Crippen LogP contribution is -1.97. The van der Waals surface area contributed by atoms with Gasteiger partial charge in [0.2, 0.25) is 0 Å².